The van der Waals surface area contributed by atoms with Gasteiger partial charge in [0.05, 0.1) is 33.1 Å². The second-order valence-corrected chi connectivity index (χ2v) is 15.1. The van der Waals surface area contributed by atoms with E-state index in [1.807, 2.05) is 11.3 Å². The molecule has 0 atom stereocenters. The largest absolute Gasteiger partial charge is 0.308 e. The van der Waals surface area contributed by atoms with Gasteiger partial charge in [0.15, 0.2) is 0 Å². The van der Waals surface area contributed by atoms with Crippen LogP contribution in [-0.2, 0) is 0 Å². The van der Waals surface area contributed by atoms with E-state index in [4.69, 9.17) is 0 Å². The van der Waals surface area contributed by atoms with Gasteiger partial charge in [0.1, 0.15) is 0 Å². The summed E-state index contributed by atoms with van der Waals surface area (Å²) in [6.45, 7) is 0. The average molecular weight is 663 g/mol. The summed E-state index contributed by atoms with van der Waals surface area (Å²) in [4.78, 5) is 0. The molecule has 0 radical (unpaired) electrons. The van der Waals surface area contributed by atoms with E-state index in [0.29, 0.717) is 0 Å². The minimum absolute atomic E-state index is 1.24. The van der Waals surface area contributed by atoms with Crippen LogP contribution in [0.25, 0.3) is 119 Å². The summed E-state index contributed by atoms with van der Waals surface area (Å²) in [6.07, 6.45) is 0. The standard InChI is InChI=1S/C48H26N2S/c1-2-11-27(12-3-1)29-13-4-5-14-30(29)28-21-22-41-39(23-28)45-47-37(24-38-32-16-7-9-20-44(32)51-48(38)45)36-26-42-35(25-43(36)50(41)47)34-18-10-17-33-31-15-6-8-19-40(31)49(42)46(33)34/h1-26H. The summed E-state index contributed by atoms with van der Waals surface area (Å²) in [7, 11) is 0. The van der Waals surface area contributed by atoms with E-state index in [2.05, 4.69) is 167 Å². The number of fused-ring (bicyclic) bond motifs is 16. The van der Waals surface area contributed by atoms with Crippen LogP contribution in [-0.4, -0.2) is 8.80 Å². The third-order valence-electron chi connectivity index (χ3n) is 11.6. The third kappa shape index (κ3) is 3.19. The van der Waals surface area contributed by atoms with Crippen molar-refractivity contribution in [3.05, 3.63) is 158 Å². The van der Waals surface area contributed by atoms with Crippen LogP contribution >= 0.6 is 11.3 Å². The fourth-order valence-corrected chi connectivity index (χ4v) is 10.7. The molecule has 0 amide bonds. The molecule has 5 heterocycles. The van der Waals surface area contributed by atoms with Crippen molar-refractivity contribution in [1.82, 2.24) is 8.80 Å². The van der Waals surface area contributed by atoms with Gasteiger partial charge in [-0.05, 0) is 64.7 Å². The number of nitrogens with zero attached hydrogens (tertiary/aromatic N) is 2. The van der Waals surface area contributed by atoms with E-state index in [9.17, 15) is 0 Å². The molecule has 234 valence electrons. The summed E-state index contributed by atoms with van der Waals surface area (Å²) >= 11 is 1.93. The first-order valence-electron chi connectivity index (χ1n) is 17.6. The predicted octanol–water partition coefficient (Wildman–Crippen LogP) is 13.7. The number of hydrogen-bond acceptors (Lipinski definition) is 1. The van der Waals surface area contributed by atoms with E-state index in [-0.39, 0.29) is 0 Å². The number of hydrogen-bond donors (Lipinski definition) is 0. The zero-order valence-electron chi connectivity index (χ0n) is 27.3. The Morgan fingerprint density at radius 2 is 0.961 bits per heavy atom. The van der Waals surface area contributed by atoms with E-state index < -0.39 is 0 Å². The molecule has 0 aliphatic rings. The molecule has 0 fully saturated rings. The van der Waals surface area contributed by atoms with Gasteiger partial charge in [-0.15, -0.1) is 11.3 Å². The van der Waals surface area contributed by atoms with Gasteiger partial charge in [0, 0.05) is 63.3 Å². The topological polar surface area (TPSA) is 8.82 Å². The summed E-state index contributed by atoms with van der Waals surface area (Å²) in [5, 5.41) is 13.3. The summed E-state index contributed by atoms with van der Waals surface area (Å²) in [5.41, 5.74) is 12.7. The van der Waals surface area contributed by atoms with Crippen LogP contribution in [0.15, 0.2) is 158 Å². The minimum atomic E-state index is 1.24. The van der Waals surface area contributed by atoms with Gasteiger partial charge in [-0.1, -0.05) is 115 Å². The van der Waals surface area contributed by atoms with Crippen molar-refractivity contribution in [2.45, 2.75) is 0 Å². The minimum Gasteiger partial charge on any atom is -0.308 e. The van der Waals surface area contributed by atoms with Crippen molar-refractivity contribution in [2.24, 2.45) is 0 Å². The van der Waals surface area contributed by atoms with Crippen molar-refractivity contribution < 1.29 is 0 Å². The molecule has 0 bridgehead atoms. The highest BCUT2D eigenvalue weighted by Gasteiger charge is 2.25. The third-order valence-corrected chi connectivity index (χ3v) is 12.8. The van der Waals surface area contributed by atoms with Crippen LogP contribution < -0.4 is 0 Å². The van der Waals surface area contributed by atoms with E-state index >= 15 is 0 Å². The number of aromatic nitrogens is 2. The number of rotatable bonds is 2. The van der Waals surface area contributed by atoms with Crippen LogP contribution in [0.3, 0.4) is 0 Å². The lowest BCUT2D eigenvalue weighted by molar-refractivity contribution is 1.36. The first-order valence-corrected chi connectivity index (χ1v) is 18.4. The fourth-order valence-electron chi connectivity index (χ4n) is 9.47. The van der Waals surface area contributed by atoms with Crippen molar-refractivity contribution in [3.8, 4) is 22.3 Å². The maximum Gasteiger partial charge on any atom is 0.0635 e. The molecule has 8 aromatic carbocycles. The Kier molecular flexibility index (Phi) is 4.78. The molecule has 0 spiro atoms. The molecule has 13 rings (SSSR count). The summed E-state index contributed by atoms with van der Waals surface area (Å²) in [5.74, 6) is 0. The predicted molar refractivity (Wildman–Crippen MR) is 220 cm³/mol. The Bertz CT molecular complexity index is 3580. The molecule has 13 aromatic rings. The Balaban J connectivity index is 1.22. The van der Waals surface area contributed by atoms with Gasteiger partial charge in [-0.25, -0.2) is 0 Å². The molecule has 3 heteroatoms. The van der Waals surface area contributed by atoms with Gasteiger partial charge < -0.3 is 8.80 Å². The molecule has 51 heavy (non-hydrogen) atoms. The lowest BCUT2D eigenvalue weighted by Gasteiger charge is -2.11. The Morgan fingerprint density at radius 1 is 0.333 bits per heavy atom. The summed E-state index contributed by atoms with van der Waals surface area (Å²) in [6, 6.07) is 58.8. The zero-order chi connectivity index (χ0) is 32.9. The highest BCUT2D eigenvalue weighted by molar-refractivity contribution is 7.26. The van der Waals surface area contributed by atoms with Crippen LogP contribution in [0.1, 0.15) is 0 Å². The molecule has 5 aromatic heterocycles. The van der Waals surface area contributed by atoms with Crippen LogP contribution in [0.4, 0.5) is 0 Å². The molecular weight excluding hydrogens is 637 g/mol. The summed E-state index contributed by atoms with van der Waals surface area (Å²) < 4.78 is 7.78. The zero-order valence-corrected chi connectivity index (χ0v) is 28.1. The molecule has 0 saturated heterocycles. The van der Waals surface area contributed by atoms with Gasteiger partial charge in [0.25, 0.3) is 0 Å². The van der Waals surface area contributed by atoms with Gasteiger partial charge >= 0.3 is 0 Å². The lowest BCUT2D eigenvalue weighted by Crippen LogP contribution is -1.86. The second kappa shape index (κ2) is 9.22. The van der Waals surface area contributed by atoms with E-state index in [1.165, 1.54) is 119 Å². The normalized spacial score (nSPS) is 12.7. The fraction of sp³-hybridized carbons (Fsp3) is 0. The lowest BCUT2D eigenvalue weighted by atomic mass is 9.93. The molecule has 0 aliphatic carbocycles. The van der Waals surface area contributed by atoms with Crippen molar-refractivity contribution in [3.63, 3.8) is 0 Å². The van der Waals surface area contributed by atoms with Crippen LogP contribution in [0.2, 0.25) is 0 Å². The second-order valence-electron chi connectivity index (χ2n) is 14.0. The SMILES string of the molecule is c1ccc(-c2ccccc2-c2ccc3c(c2)c2c4sc5ccccc5c4cc4c5cc6c(cc5n3c42)c2cccc3c4ccccc4n6c32)cc1. The average Bonchev–Trinajstić information content (AvgIpc) is 3.98. The molecular formula is C48H26N2S. The van der Waals surface area contributed by atoms with Crippen LogP contribution in [0, 0.1) is 0 Å². The molecule has 2 nitrogen and oxygen atoms in total. The Labute approximate surface area is 295 Å². The molecule has 0 N–H and O–H groups in total. The van der Waals surface area contributed by atoms with E-state index in [0.717, 1.165) is 0 Å². The molecule has 0 unspecified atom stereocenters. The van der Waals surface area contributed by atoms with Crippen LogP contribution in [0.5, 0.6) is 0 Å². The van der Waals surface area contributed by atoms with E-state index in [1.54, 1.807) is 0 Å². The van der Waals surface area contributed by atoms with Crippen molar-refractivity contribution in [1.29, 1.82) is 0 Å². The number of para-hydroxylation sites is 2. The Morgan fingerprint density at radius 3 is 1.80 bits per heavy atom. The highest BCUT2D eigenvalue weighted by Crippen LogP contribution is 2.50. The number of benzene rings is 8. The quantitative estimate of drug-likeness (QED) is 0.174. The monoisotopic (exact) mass is 662 g/mol. The first kappa shape index (κ1) is 26.4. The maximum absolute atomic E-state index is 2.57. The highest BCUT2D eigenvalue weighted by atomic mass is 32.1. The number of thiophene rings is 1. The molecule has 0 aliphatic heterocycles. The van der Waals surface area contributed by atoms with Crippen molar-refractivity contribution in [2.75, 3.05) is 0 Å². The van der Waals surface area contributed by atoms with Gasteiger partial charge in [0.2, 0.25) is 0 Å². The van der Waals surface area contributed by atoms with Crippen molar-refractivity contribution >= 4 is 108 Å². The van der Waals surface area contributed by atoms with Gasteiger partial charge in [-0.3, -0.25) is 0 Å². The maximum atomic E-state index is 2.57. The van der Waals surface area contributed by atoms with Gasteiger partial charge in [-0.2, -0.15) is 0 Å². The first-order chi connectivity index (χ1) is 25.3. The molecule has 0 saturated carbocycles. The Hall–Kier alpha value is -6.42. The smallest absolute Gasteiger partial charge is 0.0635 e.